The smallest absolute Gasteiger partial charge is 0.407 e. The summed E-state index contributed by atoms with van der Waals surface area (Å²) in [5.41, 5.74) is 0. The molecule has 2 heterocycles. The Morgan fingerprint density at radius 3 is 2.85 bits per heavy atom. The van der Waals surface area contributed by atoms with Crippen molar-refractivity contribution in [1.29, 1.82) is 0 Å². The number of halogens is 2. The molecule has 0 bridgehead atoms. The zero-order valence-electron chi connectivity index (χ0n) is 10.5. The van der Waals surface area contributed by atoms with E-state index in [1.54, 1.807) is 12.1 Å². The van der Waals surface area contributed by atoms with Crippen LogP contribution < -0.4 is 5.32 Å². The van der Waals surface area contributed by atoms with Crippen LogP contribution in [0.1, 0.15) is 6.42 Å². The molecule has 1 aromatic rings. The van der Waals surface area contributed by atoms with E-state index in [-0.39, 0.29) is 29.6 Å². The Kier molecular flexibility index (Phi) is 3.37. The second-order valence-corrected chi connectivity index (χ2v) is 5.67. The molecule has 3 rings (SSSR count). The molecule has 2 N–H and O–H groups in total. The molecule has 4 atom stereocenters. The van der Waals surface area contributed by atoms with Crippen molar-refractivity contribution in [3.8, 4) is 0 Å². The molecule has 0 unspecified atom stereocenters. The number of likely N-dealkylation sites (tertiary alicyclic amines) is 1. The fraction of sp³-hybridized carbons (Fsp3) is 0.583. The Bertz CT molecular complexity index is 515. The van der Waals surface area contributed by atoms with Crippen molar-refractivity contribution < 1.29 is 14.3 Å². The van der Waals surface area contributed by atoms with Gasteiger partial charge in [0, 0.05) is 19.0 Å². The topological polar surface area (TPSA) is 78.4 Å². The highest BCUT2D eigenvalue weighted by Crippen LogP contribution is 2.41. The Balaban J connectivity index is 1.64. The van der Waals surface area contributed by atoms with E-state index in [2.05, 4.69) is 15.5 Å². The van der Waals surface area contributed by atoms with Crippen molar-refractivity contribution in [2.45, 2.75) is 18.6 Å². The van der Waals surface area contributed by atoms with Crippen molar-refractivity contribution in [2.24, 2.45) is 11.8 Å². The molecule has 8 heteroatoms. The molecule has 1 aliphatic carbocycles. The first-order valence-electron chi connectivity index (χ1n) is 6.42. The minimum atomic E-state index is -1.08. The van der Waals surface area contributed by atoms with E-state index < -0.39 is 12.3 Å². The van der Waals surface area contributed by atoms with Crippen molar-refractivity contribution in [3.63, 3.8) is 0 Å². The number of rotatable bonds is 2. The monoisotopic (exact) mass is 300 g/mol. The number of aromatic nitrogens is 2. The van der Waals surface area contributed by atoms with Gasteiger partial charge < -0.3 is 15.3 Å². The number of amides is 1. The van der Waals surface area contributed by atoms with Crippen molar-refractivity contribution >= 4 is 23.5 Å². The van der Waals surface area contributed by atoms with E-state index in [0.29, 0.717) is 18.8 Å². The molecule has 2 aliphatic rings. The van der Waals surface area contributed by atoms with E-state index in [9.17, 15) is 9.18 Å². The first-order valence-corrected chi connectivity index (χ1v) is 6.80. The number of fused-ring (bicyclic) bond motifs is 1. The third-order valence-corrected chi connectivity index (χ3v) is 4.28. The highest BCUT2D eigenvalue weighted by atomic mass is 35.5. The van der Waals surface area contributed by atoms with E-state index in [4.69, 9.17) is 16.7 Å². The summed E-state index contributed by atoms with van der Waals surface area (Å²) in [6.07, 6.45) is -1.46. The van der Waals surface area contributed by atoms with Crippen molar-refractivity contribution in [1.82, 2.24) is 15.1 Å². The second-order valence-electron chi connectivity index (χ2n) is 5.28. The van der Waals surface area contributed by atoms with Crippen LogP contribution >= 0.6 is 11.6 Å². The Labute approximate surface area is 119 Å². The molecule has 0 radical (unpaired) electrons. The minimum absolute atomic E-state index is 0.0684. The van der Waals surface area contributed by atoms with Crippen LogP contribution in [0.25, 0.3) is 0 Å². The summed E-state index contributed by atoms with van der Waals surface area (Å²) in [6.45, 7) is 0.677. The van der Waals surface area contributed by atoms with Crippen LogP contribution in [0.15, 0.2) is 12.1 Å². The van der Waals surface area contributed by atoms with Gasteiger partial charge in [0.2, 0.25) is 0 Å². The van der Waals surface area contributed by atoms with E-state index in [1.807, 2.05) is 0 Å². The lowest BCUT2D eigenvalue weighted by Gasteiger charge is -2.20. The summed E-state index contributed by atoms with van der Waals surface area (Å²) in [5.74, 6) is 0.319. The second kappa shape index (κ2) is 5.05. The number of nitrogens with one attached hydrogen (secondary N) is 1. The van der Waals surface area contributed by atoms with Crippen molar-refractivity contribution in [3.05, 3.63) is 17.3 Å². The molecule has 1 saturated carbocycles. The number of alkyl halides is 1. The molecule has 108 valence electrons. The number of hydrogen-bond acceptors (Lipinski definition) is 4. The predicted molar refractivity (Wildman–Crippen MR) is 70.5 cm³/mol. The van der Waals surface area contributed by atoms with Gasteiger partial charge in [0.15, 0.2) is 5.15 Å². The third-order valence-electron chi connectivity index (χ3n) is 4.08. The maximum absolute atomic E-state index is 14.4. The van der Waals surface area contributed by atoms with Crippen LogP contribution in [0.5, 0.6) is 0 Å². The summed E-state index contributed by atoms with van der Waals surface area (Å²) < 4.78 is 14.4. The molecule has 1 saturated heterocycles. The first kappa shape index (κ1) is 13.4. The molecular weight excluding hydrogens is 287 g/mol. The van der Waals surface area contributed by atoms with Gasteiger partial charge in [0.1, 0.15) is 12.0 Å². The molecule has 1 aliphatic heterocycles. The molecular formula is C12H14ClFN4O2. The molecule has 2 fully saturated rings. The summed E-state index contributed by atoms with van der Waals surface area (Å²) >= 11 is 5.64. The van der Waals surface area contributed by atoms with Crippen molar-refractivity contribution in [2.75, 3.05) is 18.4 Å². The number of anilines is 1. The zero-order chi connectivity index (χ0) is 14.3. The average Bonchev–Trinajstić information content (AvgIpc) is 2.94. The molecule has 6 nitrogen and oxygen atoms in total. The molecule has 20 heavy (non-hydrogen) atoms. The summed E-state index contributed by atoms with van der Waals surface area (Å²) in [4.78, 5) is 12.2. The normalized spacial score (nSPS) is 32.2. The number of carboxylic acid groups (broad SMARTS) is 1. The van der Waals surface area contributed by atoms with Gasteiger partial charge in [-0.2, -0.15) is 0 Å². The van der Waals surface area contributed by atoms with Gasteiger partial charge in [-0.25, -0.2) is 9.18 Å². The number of hydrogen-bond donors (Lipinski definition) is 2. The average molecular weight is 301 g/mol. The highest BCUT2D eigenvalue weighted by Gasteiger charge is 2.49. The number of carbonyl (C=O) groups is 1. The van der Waals surface area contributed by atoms with E-state index in [1.165, 1.54) is 4.90 Å². The molecule has 0 aromatic carbocycles. The quantitative estimate of drug-likeness (QED) is 0.872. The standard InChI is InChI=1S/C12H14ClFN4O2/c13-9-1-2-10(17-16-9)15-8-3-6-4-18(12(19)20)5-7(6)11(8)14/h1-2,6-8,11H,3-5H2,(H,15,17)(H,19,20)/t6-,7+,8+,11-/m0/s1. The van der Waals surface area contributed by atoms with Crippen LogP contribution in [0.4, 0.5) is 15.0 Å². The van der Waals surface area contributed by atoms with Crippen LogP contribution in [0, 0.1) is 11.8 Å². The lowest BCUT2D eigenvalue weighted by atomic mass is 10.0. The molecule has 0 spiro atoms. The third kappa shape index (κ3) is 2.37. The Morgan fingerprint density at radius 1 is 1.45 bits per heavy atom. The summed E-state index contributed by atoms with van der Waals surface area (Å²) in [5, 5.41) is 19.8. The van der Waals surface area contributed by atoms with Gasteiger partial charge in [0.05, 0.1) is 6.04 Å². The van der Waals surface area contributed by atoms with Gasteiger partial charge in [0.25, 0.3) is 0 Å². The Hall–Kier alpha value is -1.63. The Morgan fingerprint density at radius 2 is 2.25 bits per heavy atom. The lowest BCUT2D eigenvalue weighted by Crippen LogP contribution is -2.34. The summed E-state index contributed by atoms with van der Waals surface area (Å²) in [6, 6.07) is 2.89. The van der Waals surface area contributed by atoms with Gasteiger partial charge >= 0.3 is 6.09 Å². The van der Waals surface area contributed by atoms with Gasteiger partial charge in [-0.3, -0.25) is 0 Å². The molecule has 1 aromatic heterocycles. The van der Waals surface area contributed by atoms with E-state index >= 15 is 0 Å². The molecule has 1 amide bonds. The van der Waals surface area contributed by atoms with Crippen LogP contribution in [-0.4, -0.2) is 51.6 Å². The predicted octanol–water partition coefficient (Wildman–Crippen LogP) is 1.88. The van der Waals surface area contributed by atoms with Gasteiger partial charge in [-0.05, 0) is 24.5 Å². The zero-order valence-corrected chi connectivity index (χ0v) is 11.3. The largest absolute Gasteiger partial charge is 0.465 e. The lowest BCUT2D eigenvalue weighted by molar-refractivity contribution is 0.147. The highest BCUT2D eigenvalue weighted by molar-refractivity contribution is 6.29. The first-order chi connectivity index (χ1) is 9.54. The van der Waals surface area contributed by atoms with Crippen LogP contribution in [0.3, 0.4) is 0 Å². The maximum Gasteiger partial charge on any atom is 0.407 e. The van der Waals surface area contributed by atoms with Gasteiger partial charge in [-0.1, -0.05) is 11.6 Å². The van der Waals surface area contributed by atoms with Gasteiger partial charge in [-0.15, -0.1) is 10.2 Å². The minimum Gasteiger partial charge on any atom is -0.465 e. The van der Waals surface area contributed by atoms with Crippen LogP contribution in [-0.2, 0) is 0 Å². The SMILES string of the molecule is O=C(O)N1C[C@@H]2C[C@@H](Nc3ccc(Cl)nn3)[C@@H](F)[C@@H]2C1. The van der Waals surface area contributed by atoms with Crippen LogP contribution in [0.2, 0.25) is 5.15 Å². The fourth-order valence-electron chi connectivity index (χ4n) is 3.14. The van der Waals surface area contributed by atoms with E-state index in [0.717, 1.165) is 0 Å². The number of nitrogens with zero attached hydrogens (tertiary/aromatic N) is 3. The maximum atomic E-state index is 14.4. The fourth-order valence-corrected chi connectivity index (χ4v) is 3.24. The summed E-state index contributed by atoms with van der Waals surface area (Å²) in [7, 11) is 0.